The average molecular weight is 493 g/mol. The summed E-state index contributed by atoms with van der Waals surface area (Å²) < 4.78 is 30.9. The molecule has 0 spiro atoms. The van der Waals surface area contributed by atoms with Crippen molar-refractivity contribution in [1.29, 1.82) is 0 Å². The van der Waals surface area contributed by atoms with Crippen LogP contribution in [0.25, 0.3) is 10.7 Å². The van der Waals surface area contributed by atoms with E-state index in [9.17, 15) is 13.2 Å². The van der Waals surface area contributed by atoms with Crippen LogP contribution in [0.4, 0.5) is 0 Å². The number of aromatic nitrogens is 2. The number of nitrogens with zero attached hydrogens (tertiary/aromatic N) is 4. The molecule has 0 bridgehead atoms. The van der Waals surface area contributed by atoms with Crippen LogP contribution >= 0.6 is 11.3 Å². The van der Waals surface area contributed by atoms with Gasteiger partial charge in [0, 0.05) is 38.4 Å². The molecule has 0 saturated carbocycles. The summed E-state index contributed by atoms with van der Waals surface area (Å²) >= 11 is 1.38. The van der Waals surface area contributed by atoms with Crippen LogP contribution in [0.15, 0.2) is 11.0 Å². The van der Waals surface area contributed by atoms with Crippen LogP contribution < -0.4 is 0 Å². The van der Waals surface area contributed by atoms with Crippen molar-refractivity contribution in [3.63, 3.8) is 0 Å². The zero-order valence-electron chi connectivity index (χ0n) is 20.3. The molecule has 4 heterocycles. The fourth-order valence-corrected chi connectivity index (χ4v) is 8.21. The van der Waals surface area contributed by atoms with Gasteiger partial charge in [-0.3, -0.25) is 4.79 Å². The van der Waals surface area contributed by atoms with Crippen LogP contribution in [-0.2, 0) is 17.1 Å². The number of piperidine rings is 1. The highest BCUT2D eigenvalue weighted by atomic mass is 32.2. The van der Waals surface area contributed by atoms with Gasteiger partial charge in [0.15, 0.2) is 0 Å². The Morgan fingerprint density at radius 2 is 1.76 bits per heavy atom. The molecule has 2 aliphatic heterocycles. The molecule has 0 aliphatic carbocycles. The Kier molecular flexibility index (Phi) is 7.31. The maximum absolute atomic E-state index is 13.6. The normalized spacial score (nSPS) is 20.7. The molecule has 2 aliphatic rings. The highest BCUT2D eigenvalue weighted by molar-refractivity contribution is 7.89. The fraction of sp³-hybridized carbons (Fsp3) is 0.667. The summed E-state index contributed by atoms with van der Waals surface area (Å²) in [6, 6.07) is 1.82. The van der Waals surface area contributed by atoms with Crippen molar-refractivity contribution < 1.29 is 13.2 Å². The summed E-state index contributed by atoms with van der Waals surface area (Å²) in [6.07, 6.45) is 8.17. The third-order valence-electron chi connectivity index (χ3n) is 7.22. The number of sulfonamides is 1. The number of thiazole rings is 1. The number of hydrogen-bond acceptors (Lipinski definition) is 5. The summed E-state index contributed by atoms with van der Waals surface area (Å²) in [7, 11) is -1.71. The quantitative estimate of drug-likeness (QED) is 0.604. The third-order valence-corrected chi connectivity index (χ3v) is 10.5. The van der Waals surface area contributed by atoms with Gasteiger partial charge in [-0.05, 0) is 52.0 Å². The molecule has 1 amide bonds. The molecular weight excluding hydrogens is 456 g/mol. The van der Waals surface area contributed by atoms with E-state index in [0.29, 0.717) is 27.0 Å². The summed E-state index contributed by atoms with van der Waals surface area (Å²) in [5.41, 5.74) is 2.17. The summed E-state index contributed by atoms with van der Waals surface area (Å²) in [6.45, 7) is 7.96. The summed E-state index contributed by atoms with van der Waals surface area (Å²) in [5.74, 6) is 0.0519. The topological polar surface area (TPSA) is 75.5 Å². The lowest BCUT2D eigenvalue weighted by atomic mass is 10.0. The van der Waals surface area contributed by atoms with Crippen LogP contribution in [0.3, 0.4) is 0 Å². The number of carbonyl (C=O) groups is 1. The van der Waals surface area contributed by atoms with Crippen molar-refractivity contribution >= 4 is 27.3 Å². The predicted molar refractivity (Wildman–Crippen MR) is 132 cm³/mol. The molecule has 2 aromatic rings. The highest BCUT2D eigenvalue weighted by Gasteiger charge is 2.35. The van der Waals surface area contributed by atoms with Crippen LogP contribution in [-0.4, -0.2) is 58.8 Å². The molecular formula is C24H36N4O3S2. The van der Waals surface area contributed by atoms with Crippen molar-refractivity contribution in [1.82, 2.24) is 18.8 Å². The highest BCUT2D eigenvalue weighted by Crippen LogP contribution is 2.35. The fourth-order valence-electron chi connectivity index (χ4n) is 5.08. The zero-order chi connectivity index (χ0) is 23.8. The lowest BCUT2D eigenvalue weighted by Crippen LogP contribution is -2.43. The Morgan fingerprint density at radius 1 is 1.09 bits per heavy atom. The van der Waals surface area contributed by atoms with E-state index in [1.54, 1.807) is 10.4 Å². The molecule has 33 heavy (non-hydrogen) atoms. The molecule has 7 nitrogen and oxygen atoms in total. The number of likely N-dealkylation sites (tertiary alicyclic amines) is 1. The minimum atomic E-state index is -3.59. The Balaban J connectivity index is 1.67. The monoisotopic (exact) mass is 492 g/mol. The van der Waals surface area contributed by atoms with E-state index in [1.807, 2.05) is 30.4 Å². The maximum atomic E-state index is 13.6. The Bertz CT molecular complexity index is 1110. The number of rotatable bonds is 5. The molecule has 0 radical (unpaired) electrons. The van der Waals surface area contributed by atoms with E-state index in [-0.39, 0.29) is 11.9 Å². The first-order valence-corrected chi connectivity index (χ1v) is 14.5. The van der Waals surface area contributed by atoms with Gasteiger partial charge in [-0.2, -0.15) is 4.31 Å². The summed E-state index contributed by atoms with van der Waals surface area (Å²) in [5, 5.41) is 0.698. The van der Waals surface area contributed by atoms with E-state index in [4.69, 9.17) is 4.98 Å². The molecule has 0 N–H and O–H groups in total. The first-order chi connectivity index (χ1) is 15.8. The van der Waals surface area contributed by atoms with Gasteiger partial charge in [0.1, 0.15) is 14.8 Å². The van der Waals surface area contributed by atoms with Crippen molar-refractivity contribution in [2.45, 2.75) is 83.1 Å². The molecule has 2 saturated heterocycles. The largest absolute Gasteiger partial charge is 0.345 e. The molecule has 9 heteroatoms. The van der Waals surface area contributed by atoms with Crippen molar-refractivity contribution in [3.8, 4) is 10.7 Å². The smallest absolute Gasteiger partial charge is 0.265 e. The number of carbonyl (C=O) groups excluding carboxylic acids is 1. The van der Waals surface area contributed by atoms with E-state index in [1.165, 1.54) is 24.2 Å². The van der Waals surface area contributed by atoms with Gasteiger partial charge in [0.25, 0.3) is 5.91 Å². The number of aryl methyl sites for hydroxylation is 1. The first kappa shape index (κ1) is 24.4. The van der Waals surface area contributed by atoms with Crippen LogP contribution in [0.2, 0.25) is 0 Å². The van der Waals surface area contributed by atoms with Gasteiger partial charge in [-0.1, -0.05) is 26.2 Å². The number of amides is 1. The molecule has 2 fully saturated rings. The summed E-state index contributed by atoms with van der Waals surface area (Å²) in [4.78, 5) is 20.9. The molecule has 4 rings (SSSR count). The van der Waals surface area contributed by atoms with Gasteiger partial charge in [0.05, 0.1) is 11.4 Å². The zero-order valence-corrected chi connectivity index (χ0v) is 21.9. The molecule has 0 aromatic carbocycles. The average Bonchev–Trinajstić information content (AvgIpc) is 3.19. The molecule has 1 atom stereocenters. The second-order valence-electron chi connectivity index (χ2n) is 9.35. The Morgan fingerprint density at radius 3 is 2.42 bits per heavy atom. The van der Waals surface area contributed by atoms with E-state index >= 15 is 0 Å². The minimum Gasteiger partial charge on any atom is -0.345 e. The van der Waals surface area contributed by atoms with Crippen LogP contribution in [0.1, 0.15) is 79.3 Å². The molecule has 182 valence electrons. The first-order valence-electron chi connectivity index (χ1n) is 12.2. The van der Waals surface area contributed by atoms with Crippen LogP contribution in [0, 0.1) is 13.8 Å². The number of hydrogen-bond donors (Lipinski definition) is 0. The van der Waals surface area contributed by atoms with E-state index in [2.05, 4.69) is 6.92 Å². The van der Waals surface area contributed by atoms with Gasteiger partial charge in [0.2, 0.25) is 10.0 Å². The van der Waals surface area contributed by atoms with Gasteiger partial charge in [-0.15, -0.1) is 11.3 Å². The second kappa shape index (κ2) is 9.88. The van der Waals surface area contributed by atoms with E-state index < -0.39 is 10.0 Å². The van der Waals surface area contributed by atoms with Crippen molar-refractivity contribution in [2.75, 3.05) is 19.6 Å². The van der Waals surface area contributed by atoms with Crippen molar-refractivity contribution in [2.24, 2.45) is 7.05 Å². The lowest BCUT2D eigenvalue weighted by Gasteiger charge is -2.34. The lowest BCUT2D eigenvalue weighted by molar-refractivity contribution is 0.0765. The Labute approximate surface area is 201 Å². The third kappa shape index (κ3) is 4.64. The SMILES string of the molecule is CC[C@H]1CCCCN1S(=O)(=O)c1cc(-c2nc(C)c(C(=O)N3CCCCCC3)s2)n(C)c1C. The van der Waals surface area contributed by atoms with E-state index in [0.717, 1.165) is 63.0 Å². The predicted octanol–water partition coefficient (Wildman–Crippen LogP) is 4.73. The molecule has 0 unspecified atom stereocenters. The van der Waals surface area contributed by atoms with Gasteiger partial charge in [-0.25, -0.2) is 13.4 Å². The molecule has 2 aromatic heterocycles. The van der Waals surface area contributed by atoms with Crippen molar-refractivity contribution in [3.05, 3.63) is 22.3 Å². The van der Waals surface area contributed by atoms with Gasteiger partial charge >= 0.3 is 0 Å². The Hall–Kier alpha value is -1.71. The van der Waals surface area contributed by atoms with Gasteiger partial charge < -0.3 is 9.47 Å². The minimum absolute atomic E-state index is 0.0519. The van der Waals surface area contributed by atoms with Crippen LogP contribution in [0.5, 0.6) is 0 Å². The maximum Gasteiger partial charge on any atom is 0.265 e. The second-order valence-corrected chi connectivity index (χ2v) is 12.2. The standard InChI is InChI=1S/C24H36N4O3S2/c1-5-19-12-8-11-15-28(19)33(30,31)21-16-20(26(4)18(21)3)23-25-17(2)22(32-23)24(29)27-13-9-6-7-10-14-27/h16,19H,5-15H2,1-4H3/t19-/m0/s1.